The lowest BCUT2D eigenvalue weighted by atomic mass is 10.8. The molecule has 0 atom stereocenters. The van der Waals surface area contributed by atoms with Gasteiger partial charge in [0, 0.05) is 0 Å². The molecule has 5 heteroatoms. The highest BCUT2D eigenvalue weighted by Crippen LogP contribution is 2.77. The minimum absolute atomic E-state index is 0.696. The standard InChI is InChI=1S/C8H11PS4/c1-4-7-12-9(10,11-6-3)13-8-5-2/h1-2H,6-8H2,3H3. The Morgan fingerprint density at radius 1 is 1.15 bits per heavy atom. The average molecular weight is 266 g/mol. The summed E-state index contributed by atoms with van der Waals surface area (Å²) in [5, 5.41) is 0. The highest BCUT2D eigenvalue weighted by Gasteiger charge is 2.16. The minimum Gasteiger partial charge on any atom is -0.119 e. The van der Waals surface area contributed by atoms with Gasteiger partial charge in [-0.25, -0.2) is 0 Å². The maximum Gasteiger partial charge on any atom is 0.111 e. The summed E-state index contributed by atoms with van der Waals surface area (Å²) < 4.78 is -1.45. The van der Waals surface area contributed by atoms with Gasteiger partial charge in [-0.05, 0) is 5.75 Å². The fourth-order valence-corrected chi connectivity index (χ4v) is 12.2. The van der Waals surface area contributed by atoms with Gasteiger partial charge in [0.1, 0.15) is 3.64 Å². The SMILES string of the molecule is C#CCSP(=S)(SCC)SCC#C. The first-order chi connectivity index (χ1) is 6.18. The molecule has 0 spiro atoms. The number of rotatable bonds is 6. The first-order valence-electron chi connectivity index (χ1n) is 3.59. The quantitative estimate of drug-likeness (QED) is 0.531. The van der Waals surface area contributed by atoms with Crippen LogP contribution < -0.4 is 0 Å². The van der Waals surface area contributed by atoms with Crippen molar-refractivity contribution < 1.29 is 0 Å². The van der Waals surface area contributed by atoms with Gasteiger partial charge in [-0.1, -0.05) is 53.3 Å². The second kappa shape index (κ2) is 8.16. The highest BCUT2D eigenvalue weighted by molar-refractivity contribution is 9.23. The van der Waals surface area contributed by atoms with Crippen molar-refractivity contribution in [2.24, 2.45) is 0 Å². The normalized spacial score (nSPS) is 10.4. The van der Waals surface area contributed by atoms with E-state index in [4.69, 9.17) is 24.7 Å². The third-order valence-electron chi connectivity index (χ3n) is 0.899. The van der Waals surface area contributed by atoms with Crippen molar-refractivity contribution in [1.29, 1.82) is 0 Å². The van der Waals surface area contributed by atoms with Crippen LogP contribution in [0.3, 0.4) is 0 Å². The van der Waals surface area contributed by atoms with Gasteiger partial charge in [0.15, 0.2) is 0 Å². The molecule has 0 fully saturated rings. The molecular formula is C8H11PS4. The molecule has 0 unspecified atom stereocenters. The Hall–Kier alpha value is 0.820. The van der Waals surface area contributed by atoms with E-state index in [0.29, 0.717) is 11.5 Å². The summed E-state index contributed by atoms with van der Waals surface area (Å²) in [5.74, 6) is 7.63. The van der Waals surface area contributed by atoms with E-state index in [-0.39, 0.29) is 0 Å². The predicted molar refractivity (Wildman–Crippen MR) is 75.0 cm³/mol. The molecule has 0 aliphatic carbocycles. The van der Waals surface area contributed by atoms with Crippen LogP contribution in [-0.2, 0) is 11.8 Å². The van der Waals surface area contributed by atoms with Crippen LogP contribution >= 0.6 is 37.8 Å². The van der Waals surface area contributed by atoms with E-state index in [1.54, 1.807) is 22.8 Å². The molecule has 72 valence electrons. The Morgan fingerprint density at radius 2 is 1.62 bits per heavy atom. The summed E-state index contributed by atoms with van der Waals surface area (Å²) in [4.78, 5) is 0. The van der Waals surface area contributed by atoms with Crippen molar-refractivity contribution in [2.45, 2.75) is 6.92 Å². The summed E-state index contributed by atoms with van der Waals surface area (Å²) in [6.45, 7) is 2.11. The molecule has 0 N–H and O–H groups in total. The van der Waals surface area contributed by atoms with Crippen LogP contribution in [0.2, 0.25) is 0 Å². The number of hydrogen-bond acceptors (Lipinski definition) is 4. The molecule has 0 saturated carbocycles. The maximum atomic E-state index is 5.54. The zero-order chi connectivity index (χ0) is 10.2. The number of terminal acetylenes is 2. The monoisotopic (exact) mass is 266 g/mol. The minimum atomic E-state index is -1.45. The lowest BCUT2D eigenvalue weighted by Crippen LogP contribution is -1.74. The van der Waals surface area contributed by atoms with E-state index in [0.717, 1.165) is 5.75 Å². The molecule has 13 heavy (non-hydrogen) atoms. The van der Waals surface area contributed by atoms with E-state index in [1.807, 2.05) is 11.4 Å². The van der Waals surface area contributed by atoms with Crippen molar-refractivity contribution >= 4 is 49.6 Å². The largest absolute Gasteiger partial charge is 0.119 e. The first kappa shape index (κ1) is 13.8. The second-order valence-corrected chi connectivity index (χ2v) is 17.7. The molecule has 0 saturated heterocycles. The molecule has 0 rings (SSSR count). The highest BCUT2D eigenvalue weighted by atomic mass is 33.5. The van der Waals surface area contributed by atoms with Crippen molar-refractivity contribution in [3.63, 3.8) is 0 Å². The Morgan fingerprint density at radius 3 is 1.92 bits per heavy atom. The molecule has 0 amide bonds. The molecule has 0 radical (unpaired) electrons. The first-order valence-corrected chi connectivity index (χ1v) is 11.2. The van der Waals surface area contributed by atoms with E-state index >= 15 is 0 Å². The zero-order valence-corrected chi connectivity index (χ0v) is 11.5. The average Bonchev–Trinajstić information content (AvgIpc) is 2.12. The van der Waals surface area contributed by atoms with Crippen molar-refractivity contribution in [3.05, 3.63) is 0 Å². The summed E-state index contributed by atoms with van der Waals surface area (Å²) >= 11 is 10.8. The molecule has 0 bridgehead atoms. The predicted octanol–water partition coefficient (Wildman–Crippen LogP) is 3.70. The molecular weight excluding hydrogens is 255 g/mol. The van der Waals surface area contributed by atoms with Crippen LogP contribution in [0, 0.1) is 24.7 Å². The maximum absolute atomic E-state index is 5.54. The van der Waals surface area contributed by atoms with Gasteiger partial charge >= 0.3 is 0 Å². The van der Waals surface area contributed by atoms with Crippen LogP contribution in [0.1, 0.15) is 6.92 Å². The Balaban J connectivity index is 4.11. The van der Waals surface area contributed by atoms with Gasteiger partial charge in [0.2, 0.25) is 0 Å². The van der Waals surface area contributed by atoms with E-state index in [2.05, 4.69) is 18.8 Å². The molecule has 0 aromatic heterocycles. The van der Waals surface area contributed by atoms with E-state index in [1.165, 1.54) is 0 Å². The van der Waals surface area contributed by atoms with Gasteiger partial charge in [-0.3, -0.25) is 0 Å². The molecule has 0 aliphatic heterocycles. The van der Waals surface area contributed by atoms with E-state index in [9.17, 15) is 0 Å². The zero-order valence-electron chi connectivity index (χ0n) is 7.36. The van der Waals surface area contributed by atoms with Crippen molar-refractivity contribution in [1.82, 2.24) is 0 Å². The Kier molecular flexibility index (Phi) is 8.67. The second-order valence-electron chi connectivity index (χ2n) is 1.82. The van der Waals surface area contributed by atoms with Gasteiger partial charge < -0.3 is 0 Å². The molecule has 0 nitrogen and oxygen atoms in total. The molecule has 0 aromatic carbocycles. The van der Waals surface area contributed by atoms with Gasteiger partial charge in [0.05, 0.1) is 11.5 Å². The topological polar surface area (TPSA) is 0 Å². The molecule has 0 heterocycles. The van der Waals surface area contributed by atoms with Crippen LogP contribution in [0.25, 0.3) is 0 Å². The summed E-state index contributed by atoms with van der Waals surface area (Å²) in [6.07, 6.45) is 10.4. The van der Waals surface area contributed by atoms with Crippen LogP contribution in [0.5, 0.6) is 0 Å². The van der Waals surface area contributed by atoms with E-state index < -0.39 is 3.64 Å². The van der Waals surface area contributed by atoms with Crippen molar-refractivity contribution in [2.75, 3.05) is 17.3 Å². The van der Waals surface area contributed by atoms with Crippen molar-refractivity contribution in [3.8, 4) is 24.7 Å². The molecule has 0 aliphatic rings. The Labute approximate surface area is 98.0 Å². The fraction of sp³-hybridized carbons (Fsp3) is 0.500. The third-order valence-corrected chi connectivity index (χ3v) is 15.6. The molecule has 0 aromatic rings. The van der Waals surface area contributed by atoms with Gasteiger partial charge in [-0.2, -0.15) is 0 Å². The number of hydrogen-bond donors (Lipinski definition) is 0. The van der Waals surface area contributed by atoms with Gasteiger partial charge in [0.25, 0.3) is 0 Å². The lowest BCUT2D eigenvalue weighted by molar-refractivity contribution is 1.54. The lowest BCUT2D eigenvalue weighted by Gasteiger charge is -2.16. The Bertz CT molecular complexity index is 238. The summed E-state index contributed by atoms with van der Waals surface area (Å²) in [5.41, 5.74) is 0. The fourth-order valence-electron chi connectivity index (χ4n) is 0.503. The third kappa shape index (κ3) is 6.83. The van der Waals surface area contributed by atoms with Gasteiger partial charge in [-0.15, -0.1) is 24.2 Å². The van der Waals surface area contributed by atoms with Crippen LogP contribution in [0.4, 0.5) is 0 Å². The summed E-state index contributed by atoms with van der Waals surface area (Å²) in [6, 6.07) is 0. The smallest absolute Gasteiger partial charge is 0.111 e. The van der Waals surface area contributed by atoms with Crippen LogP contribution in [-0.4, -0.2) is 17.3 Å². The van der Waals surface area contributed by atoms with Crippen LogP contribution in [0.15, 0.2) is 0 Å². The summed E-state index contributed by atoms with van der Waals surface area (Å²) in [7, 11) is 0.